The summed E-state index contributed by atoms with van der Waals surface area (Å²) >= 11 is 0. The first-order valence-electron chi connectivity index (χ1n) is 12.7. The predicted molar refractivity (Wildman–Crippen MR) is 144 cm³/mol. The second-order valence-corrected chi connectivity index (χ2v) is 9.31. The normalized spacial score (nSPS) is 16.7. The smallest absolute Gasteiger partial charge is 0.233 e. The van der Waals surface area contributed by atoms with Gasteiger partial charge in [-0.3, -0.25) is 4.79 Å². The fraction of sp³-hybridized carbons (Fsp3) is 0.258. The van der Waals surface area contributed by atoms with Gasteiger partial charge in [0.25, 0.3) is 0 Å². The van der Waals surface area contributed by atoms with Crippen molar-refractivity contribution in [1.82, 2.24) is 4.98 Å². The van der Waals surface area contributed by atoms with Gasteiger partial charge in [-0.15, -0.1) is 0 Å². The molecule has 0 radical (unpaired) electrons. The Balaban J connectivity index is 1.10. The zero-order chi connectivity index (χ0) is 26.5. The molecule has 1 aliphatic rings. The van der Waals surface area contributed by atoms with Crippen LogP contribution in [0.4, 0.5) is 5.69 Å². The number of aromatic nitrogens is 1. The van der Waals surface area contributed by atoms with Crippen LogP contribution in [0.1, 0.15) is 23.4 Å². The van der Waals surface area contributed by atoms with Crippen molar-refractivity contribution in [3.8, 4) is 23.0 Å². The van der Waals surface area contributed by atoms with Gasteiger partial charge in [-0.1, -0.05) is 30.3 Å². The van der Waals surface area contributed by atoms with Crippen molar-refractivity contribution >= 4 is 17.9 Å². The topological polar surface area (TPSA) is 81.9 Å². The Labute approximate surface area is 222 Å². The van der Waals surface area contributed by atoms with Crippen molar-refractivity contribution in [2.24, 2.45) is 5.92 Å². The maximum atomic E-state index is 12.8. The standard InChI is InChI=1S/C31H30N2O5/c1-21-28(32-30(38-21)23-6-4-3-5-7-23)18-19-37-26-13-8-22(9-14-26)10-17-27-29(20-34)33(31(27)35)24-11-15-25(36-2)16-12-24/h3-9,11-16,20,27,29H,10,17-19H2,1-2H3/t27-,29+/m0/s1. The number of anilines is 1. The number of benzene rings is 3. The average Bonchev–Trinajstić information content (AvgIpc) is 3.33. The number of hydrogen-bond acceptors (Lipinski definition) is 6. The van der Waals surface area contributed by atoms with Crippen LogP contribution in [0.3, 0.4) is 0 Å². The minimum atomic E-state index is -0.444. The number of hydrogen-bond donors (Lipinski definition) is 0. The highest BCUT2D eigenvalue weighted by molar-refractivity contribution is 6.08. The molecule has 2 atom stereocenters. The molecule has 0 N–H and O–H groups in total. The molecule has 3 aromatic carbocycles. The van der Waals surface area contributed by atoms with E-state index >= 15 is 0 Å². The van der Waals surface area contributed by atoms with Crippen LogP contribution >= 0.6 is 0 Å². The van der Waals surface area contributed by atoms with Gasteiger partial charge in [-0.05, 0) is 73.9 Å². The maximum absolute atomic E-state index is 12.8. The number of amides is 1. The summed E-state index contributed by atoms with van der Waals surface area (Å²) in [6.45, 7) is 2.40. The van der Waals surface area contributed by atoms with Gasteiger partial charge >= 0.3 is 0 Å². The van der Waals surface area contributed by atoms with Crippen LogP contribution in [0.2, 0.25) is 0 Å². The summed E-state index contributed by atoms with van der Waals surface area (Å²) in [6, 6.07) is 24.4. The summed E-state index contributed by atoms with van der Waals surface area (Å²) in [5.74, 6) is 2.57. The van der Waals surface area contributed by atoms with Gasteiger partial charge in [0.2, 0.25) is 11.8 Å². The number of carbonyl (C=O) groups excluding carboxylic acids is 2. The van der Waals surface area contributed by atoms with Gasteiger partial charge in [0.1, 0.15) is 29.6 Å². The third kappa shape index (κ3) is 5.32. The van der Waals surface area contributed by atoms with Crippen LogP contribution in [0.25, 0.3) is 11.5 Å². The summed E-state index contributed by atoms with van der Waals surface area (Å²) in [6.07, 6.45) is 2.83. The van der Waals surface area contributed by atoms with Crippen molar-refractivity contribution in [2.75, 3.05) is 18.6 Å². The van der Waals surface area contributed by atoms with Gasteiger partial charge in [0, 0.05) is 17.7 Å². The molecule has 0 spiro atoms. The Kier molecular flexibility index (Phi) is 7.54. The number of ether oxygens (including phenoxy) is 2. The number of nitrogens with zero attached hydrogens (tertiary/aromatic N) is 2. The molecule has 2 heterocycles. The second-order valence-electron chi connectivity index (χ2n) is 9.31. The summed E-state index contributed by atoms with van der Waals surface area (Å²) in [5.41, 5.74) is 3.65. The SMILES string of the molecule is COc1ccc(N2C(=O)[C@@H](CCc3ccc(OCCc4nc(-c5ccccc5)oc4C)cc3)[C@H]2C=O)cc1. The molecule has 1 aliphatic heterocycles. The molecule has 1 saturated heterocycles. The van der Waals surface area contributed by atoms with Gasteiger partial charge < -0.3 is 23.6 Å². The fourth-order valence-corrected chi connectivity index (χ4v) is 4.77. The van der Waals surface area contributed by atoms with Crippen LogP contribution in [0, 0.1) is 12.8 Å². The van der Waals surface area contributed by atoms with Crippen molar-refractivity contribution < 1.29 is 23.5 Å². The van der Waals surface area contributed by atoms with E-state index in [2.05, 4.69) is 4.98 Å². The zero-order valence-electron chi connectivity index (χ0n) is 21.5. The van der Waals surface area contributed by atoms with E-state index in [9.17, 15) is 9.59 Å². The van der Waals surface area contributed by atoms with Crippen LogP contribution in [0.5, 0.6) is 11.5 Å². The molecule has 194 valence electrons. The summed E-state index contributed by atoms with van der Waals surface area (Å²) < 4.78 is 16.9. The number of oxazole rings is 1. The molecule has 1 amide bonds. The van der Waals surface area contributed by atoms with Gasteiger partial charge in [0.15, 0.2) is 0 Å². The molecule has 5 rings (SSSR count). The minimum absolute atomic E-state index is 0.0224. The Morgan fingerprint density at radius 2 is 1.66 bits per heavy atom. The van der Waals surface area contributed by atoms with E-state index in [-0.39, 0.29) is 11.8 Å². The van der Waals surface area contributed by atoms with E-state index in [1.54, 1.807) is 36.3 Å². The lowest BCUT2D eigenvalue weighted by atomic mass is 9.83. The predicted octanol–water partition coefficient (Wildman–Crippen LogP) is 5.44. The van der Waals surface area contributed by atoms with Crippen LogP contribution in [-0.4, -0.2) is 36.9 Å². The Morgan fingerprint density at radius 1 is 0.947 bits per heavy atom. The lowest BCUT2D eigenvalue weighted by molar-refractivity contribution is -0.134. The van der Waals surface area contributed by atoms with Crippen molar-refractivity contribution in [3.63, 3.8) is 0 Å². The Morgan fingerprint density at radius 3 is 2.34 bits per heavy atom. The highest BCUT2D eigenvalue weighted by Crippen LogP contribution is 2.35. The molecule has 0 unspecified atom stereocenters. The van der Waals surface area contributed by atoms with Crippen LogP contribution < -0.4 is 14.4 Å². The lowest BCUT2D eigenvalue weighted by Crippen LogP contribution is -2.62. The van der Waals surface area contributed by atoms with Crippen molar-refractivity contribution in [3.05, 3.63) is 95.9 Å². The zero-order valence-corrected chi connectivity index (χ0v) is 21.5. The molecule has 0 saturated carbocycles. The molecule has 0 bridgehead atoms. The summed E-state index contributed by atoms with van der Waals surface area (Å²) in [7, 11) is 1.59. The molecule has 4 aromatic rings. The fourth-order valence-electron chi connectivity index (χ4n) is 4.77. The van der Waals surface area contributed by atoms with Crippen molar-refractivity contribution in [1.29, 1.82) is 0 Å². The highest BCUT2D eigenvalue weighted by atomic mass is 16.5. The minimum Gasteiger partial charge on any atom is -0.497 e. The van der Waals surface area contributed by atoms with E-state index in [1.807, 2.05) is 61.5 Å². The number of aldehydes is 1. The first-order chi connectivity index (χ1) is 18.6. The van der Waals surface area contributed by atoms with E-state index in [0.717, 1.165) is 34.6 Å². The molecule has 0 aliphatic carbocycles. The van der Waals surface area contributed by atoms with Crippen molar-refractivity contribution in [2.45, 2.75) is 32.2 Å². The lowest BCUT2D eigenvalue weighted by Gasteiger charge is -2.44. The van der Waals surface area contributed by atoms with E-state index < -0.39 is 6.04 Å². The second kappa shape index (κ2) is 11.3. The van der Waals surface area contributed by atoms with Crippen LogP contribution in [-0.2, 0) is 22.4 Å². The third-order valence-electron chi connectivity index (χ3n) is 6.94. The molecule has 38 heavy (non-hydrogen) atoms. The molecular formula is C31H30N2O5. The van der Waals surface area contributed by atoms with Gasteiger partial charge in [-0.2, -0.15) is 0 Å². The van der Waals surface area contributed by atoms with E-state index in [1.165, 1.54) is 0 Å². The molecule has 1 fully saturated rings. The van der Waals surface area contributed by atoms with E-state index in [4.69, 9.17) is 13.9 Å². The molecule has 7 heteroatoms. The average molecular weight is 511 g/mol. The molecule has 1 aromatic heterocycles. The van der Waals surface area contributed by atoms with Gasteiger partial charge in [0.05, 0.1) is 25.3 Å². The largest absolute Gasteiger partial charge is 0.497 e. The maximum Gasteiger partial charge on any atom is 0.233 e. The third-order valence-corrected chi connectivity index (χ3v) is 6.94. The summed E-state index contributed by atoms with van der Waals surface area (Å²) in [4.78, 5) is 30.8. The molecular weight excluding hydrogens is 480 g/mol. The highest BCUT2D eigenvalue weighted by Gasteiger charge is 2.47. The van der Waals surface area contributed by atoms with Crippen LogP contribution in [0.15, 0.2) is 83.3 Å². The van der Waals surface area contributed by atoms with E-state index in [0.29, 0.717) is 43.2 Å². The number of carbonyl (C=O) groups is 2. The van der Waals surface area contributed by atoms with Gasteiger partial charge in [-0.25, -0.2) is 4.98 Å². The first-order valence-corrected chi connectivity index (χ1v) is 12.7. The summed E-state index contributed by atoms with van der Waals surface area (Å²) in [5, 5.41) is 0. The number of β-lactam (4-membered cyclic amide) rings is 1. The Bertz CT molecular complexity index is 1380. The number of rotatable bonds is 11. The quantitative estimate of drug-likeness (QED) is 0.197. The monoisotopic (exact) mass is 510 g/mol. The first kappa shape index (κ1) is 25.3. The molecule has 7 nitrogen and oxygen atoms in total. The Hall–Kier alpha value is -4.39. The number of methoxy groups -OCH3 is 1. The number of aryl methyl sites for hydroxylation is 2.